The maximum absolute atomic E-state index is 16.7. The van der Waals surface area contributed by atoms with Crippen LogP contribution in [0.25, 0.3) is 22.2 Å². The summed E-state index contributed by atoms with van der Waals surface area (Å²) in [6.07, 6.45) is 0.00609. The summed E-state index contributed by atoms with van der Waals surface area (Å²) in [7, 11) is 1.70. The Balaban J connectivity index is 1.36. The molecule has 3 N–H and O–H groups in total. The zero-order chi connectivity index (χ0) is 31.0. The minimum Gasteiger partial charge on any atom is -0.461 e. The molecule has 2 bridgehead atoms. The van der Waals surface area contributed by atoms with Crippen LogP contribution in [0.2, 0.25) is 5.02 Å². The van der Waals surface area contributed by atoms with Gasteiger partial charge >= 0.3 is 12.2 Å². The molecular formula is C30H34ClF4N7O2. The largest absolute Gasteiger partial charge is 0.461 e. The summed E-state index contributed by atoms with van der Waals surface area (Å²) < 4.78 is 71.3. The molecule has 0 aliphatic carbocycles. The molecule has 3 aromatic rings. The fraction of sp³-hybridized carbons (Fsp3) is 0.567. The number of methoxy groups -OCH3 is 1. The van der Waals surface area contributed by atoms with Crippen molar-refractivity contribution >= 4 is 34.1 Å². The molecular weight excluding hydrogens is 602 g/mol. The van der Waals surface area contributed by atoms with Crippen molar-refractivity contribution in [3.05, 3.63) is 34.1 Å². The van der Waals surface area contributed by atoms with Gasteiger partial charge in [0, 0.05) is 44.2 Å². The van der Waals surface area contributed by atoms with Crippen LogP contribution in [0.1, 0.15) is 43.2 Å². The quantitative estimate of drug-likeness (QED) is 0.364. The fourth-order valence-electron chi connectivity index (χ4n) is 7.71. The number of ether oxygens (including phenoxy) is 2. The standard InChI is InChI=1S/C30H34ClF4N7O2/c1-15-8-21(36)38-26(23(15)30(33,34)35)22-20(31)9-19-25(24(22)32)39-28(40-27(19)41-11-16-4-5-17(12-41)37-16)44-14-29-6-3-7-42(29)13-18(10-29)43-2/h8-9,16-18,37H,3-7,10-14H2,1-2H3,(H2,36,38)/t16?,17?,18-,29+/m1/s1. The number of aryl methyl sites for hydroxylation is 1. The number of halogens is 5. The highest BCUT2D eigenvalue weighted by molar-refractivity contribution is 6.34. The van der Waals surface area contributed by atoms with Crippen molar-refractivity contribution in [1.29, 1.82) is 0 Å². The Labute approximate surface area is 257 Å². The first-order valence-corrected chi connectivity index (χ1v) is 15.3. The van der Waals surface area contributed by atoms with Crippen LogP contribution in [0.3, 0.4) is 0 Å². The third kappa shape index (κ3) is 5.01. The molecule has 0 radical (unpaired) electrons. The Hall–Kier alpha value is -3.00. The molecule has 236 valence electrons. The van der Waals surface area contributed by atoms with Crippen molar-refractivity contribution in [2.75, 3.05) is 50.5 Å². The molecule has 4 fully saturated rings. The van der Waals surface area contributed by atoms with E-state index >= 15 is 4.39 Å². The summed E-state index contributed by atoms with van der Waals surface area (Å²) in [5, 5.41) is 3.62. The van der Waals surface area contributed by atoms with Crippen molar-refractivity contribution in [2.24, 2.45) is 0 Å². The SMILES string of the molecule is CO[C@H]1CN2CCC[C@@]2(COc2nc(N3CC4CCC(C3)N4)c3cc(Cl)c(-c4nc(N)cc(C)c4C(F)(F)F)c(F)c3n2)C1. The summed E-state index contributed by atoms with van der Waals surface area (Å²) >= 11 is 6.60. The van der Waals surface area contributed by atoms with E-state index < -0.39 is 28.8 Å². The number of hydrogen-bond donors (Lipinski definition) is 2. The summed E-state index contributed by atoms with van der Waals surface area (Å²) in [4.78, 5) is 17.6. The summed E-state index contributed by atoms with van der Waals surface area (Å²) in [6, 6.07) is 2.97. The zero-order valence-corrected chi connectivity index (χ0v) is 25.2. The van der Waals surface area contributed by atoms with Crippen molar-refractivity contribution in [1.82, 2.24) is 25.2 Å². The number of anilines is 2. The normalized spacial score (nSPS) is 27.0. The van der Waals surface area contributed by atoms with Crippen LogP contribution < -0.4 is 20.7 Å². The number of aromatic nitrogens is 3. The van der Waals surface area contributed by atoms with Crippen LogP contribution in [0.5, 0.6) is 6.01 Å². The van der Waals surface area contributed by atoms with Crippen LogP contribution in [-0.4, -0.2) is 83.5 Å². The number of nitrogens with two attached hydrogens (primary N) is 1. The predicted octanol–water partition coefficient (Wildman–Crippen LogP) is 4.97. The number of hydrogen-bond acceptors (Lipinski definition) is 9. The van der Waals surface area contributed by atoms with Gasteiger partial charge in [-0.15, -0.1) is 0 Å². The lowest BCUT2D eigenvalue weighted by Gasteiger charge is -2.34. The molecule has 0 amide bonds. The molecule has 6 heterocycles. The molecule has 4 aliphatic rings. The van der Waals surface area contributed by atoms with Gasteiger partial charge in [-0.3, -0.25) is 4.90 Å². The molecule has 7 rings (SSSR count). The molecule has 1 aromatic carbocycles. The Morgan fingerprint density at radius 3 is 2.59 bits per heavy atom. The number of benzene rings is 1. The van der Waals surface area contributed by atoms with Gasteiger partial charge in [0.2, 0.25) is 0 Å². The Morgan fingerprint density at radius 1 is 1.14 bits per heavy atom. The first-order chi connectivity index (χ1) is 21.0. The van der Waals surface area contributed by atoms with Gasteiger partial charge in [-0.1, -0.05) is 11.6 Å². The molecule has 0 spiro atoms. The van der Waals surface area contributed by atoms with Crippen LogP contribution in [0.4, 0.5) is 29.2 Å². The molecule has 4 atom stereocenters. The average molecular weight is 636 g/mol. The highest BCUT2D eigenvalue weighted by Crippen LogP contribution is 2.45. The number of alkyl halides is 3. The Bertz CT molecular complexity index is 1610. The van der Waals surface area contributed by atoms with Crippen LogP contribution >= 0.6 is 11.6 Å². The lowest BCUT2D eigenvalue weighted by Crippen LogP contribution is -2.51. The van der Waals surface area contributed by atoms with E-state index in [2.05, 4.69) is 25.1 Å². The summed E-state index contributed by atoms with van der Waals surface area (Å²) in [6.45, 7) is 4.53. The number of nitrogen functional groups attached to an aromatic ring is 1. The van der Waals surface area contributed by atoms with Crippen molar-refractivity contribution < 1.29 is 27.0 Å². The number of pyridine rings is 1. The van der Waals surface area contributed by atoms with E-state index in [0.717, 1.165) is 51.3 Å². The number of piperazine rings is 1. The molecule has 2 unspecified atom stereocenters. The van der Waals surface area contributed by atoms with Crippen molar-refractivity contribution in [3.63, 3.8) is 0 Å². The lowest BCUT2D eigenvalue weighted by atomic mass is 9.94. The molecule has 4 aliphatic heterocycles. The van der Waals surface area contributed by atoms with E-state index in [1.54, 1.807) is 7.11 Å². The number of nitrogens with zero attached hydrogens (tertiary/aromatic N) is 5. The molecule has 2 aromatic heterocycles. The smallest absolute Gasteiger partial charge is 0.418 e. The van der Waals surface area contributed by atoms with Crippen LogP contribution in [0.15, 0.2) is 12.1 Å². The molecule has 0 saturated carbocycles. The van der Waals surface area contributed by atoms with E-state index in [4.69, 9.17) is 31.8 Å². The third-order valence-corrected chi connectivity index (χ3v) is 9.99. The van der Waals surface area contributed by atoms with Gasteiger partial charge in [0.15, 0.2) is 5.82 Å². The Kier molecular flexibility index (Phi) is 7.30. The second-order valence-corrected chi connectivity index (χ2v) is 12.9. The van der Waals surface area contributed by atoms with Crippen LogP contribution in [0, 0.1) is 12.7 Å². The van der Waals surface area contributed by atoms with E-state index in [0.29, 0.717) is 24.3 Å². The van der Waals surface area contributed by atoms with Crippen molar-refractivity contribution in [2.45, 2.75) is 68.9 Å². The van der Waals surface area contributed by atoms with E-state index in [9.17, 15) is 13.2 Å². The molecule has 9 nitrogen and oxygen atoms in total. The summed E-state index contributed by atoms with van der Waals surface area (Å²) in [5.41, 5.74) is 2.92. The predicted molar refractivity (Wildman–Crippen MR) is 158 cm³/mol. The molecule has 4 saturated heterocycles. The molecule has 44 heavy (non-hydrogen) atoms. The topological polar surface area (TPSA) is 102 Å². The van der Waals surface area contributed by atoms with E-state index in [-0.39, 0.29) is 58.3 Å². The van der Waals surface area contributed by atoms with E-state index in [1.165, 1.54) is 13.0 Å². The minimum absolute atomic E-state index is 0.0413. The molecule has 14 heteroatoms. The number of nitrogens with one attached hydrogen (secondary N) is 1. The monoisotopic (exact) mass is 635 g/mol. The lowest BCUT2D eigenvalue weighted by molar-refractivity contribution is -0.137. The van der Waals surface area contributed by atoms with Gasteiger partial charge < -0.3 is 25.4 Å². The highest BCUT2D eigenvalue weighted by Gasteiger charge is 2.49. The van der Waals surface area contributed by atoms with E-state index in [1.807, 2.05) is 0 Å². The van der Waals surface area contributed by atoms with Crippen LogP contribution in [-0.2, 0) is 10.9 Å². The highest BCUT2D eigenvalue weighted by atomic mass is 35.5. The maximum atomic E-state index is 16.7. The first-order valence-electron chi connectivity index (χ1n) is 14.9. The fourth-order valence-corrected chi connectivity index (χ4v) is 7.99. The van der Waals surface area contributed by atoms with Gasteiger partial charge in [-0.25, -0.2) is 9.37 Å². The van der Waals surface area contributed by atoms with Gasteiger partial charge in [0.1, 0.15) is 23.8 Å². The second-order valence-electron chi connectivity index (χ2n) is 12.5. The zero-order valence-electron chi connectivity index (χ0n) is 24.5. The maximum Gasteiger partial charge on any atom is 0.418 e. The third-order valence-electron chi connectivity index (χ3n) is 9.69. The second kappa shape index (κ2) is 10.8. The number of rotatable bonds is 6. The van der Waals surface area contributed by atoms with Gasteiger partial charge in [-0.2, -0.15) is 23.1 Å². The van der Waals surface area contributed by atoms with Gasteiger partial charge in [0.25, 0.3) is 0 Å². The summed E-state index contributed by atoms with van der Waals surface area (Å²) in [5.74, 6) is -0.787. The first kappa shape index (κ1) is 29.7. The van der Waals surface area contributed by atoms with Gasteiger partial charge in [0.05, 0.1) is 33.5 Å². The number of fused-ring (bicyclic) bond motifs is 4. The van der Waals surface area contributed by atoms with Gasteiger partial charge in [-0.05, 0) is 63.3 Å². The Morgan fingerprint density at radius 2 is 1.89 bits per heavy atom. The average Bonchev–Trinajstić information content (AvgIpc) is 3.61. The van der Waals surface area contributed by atoms with Crippen molar-refractivity contribution in [3.8, 4) is 17.3 Å². The minimum atomic E-state index is -4.83.